The molecule has 1 saturated carbocycles. The zero-order valence-electron chi connectivity index (χ0n) is 14.6. The Hall–Kier alpha value is -3.35. The molecule has 144 valence electrons. The molecule has 1 amide bonds. The molecule has 10 heteroatoms. The van der Waals surface area contributed by atoms with Crippen molar-refractivity contribution in [3.8, 4) is 17.5 Å². The number of nitriles is 1. The Kier molecular flexibility index (Phi) is 4.10. The number of imidazole rings is 1. The van der Waals surface area contributed by atoms with Crippen LogP contribution in [0, 0.1) is 24.2 Å². The molecule has 1 aliphatic rings. The molecule has 7 nitrogen and oxygen atoms in total. The van der Waals surface area contributed by atoms with E-state index in [0.717, 1.165) is 0 Å². The number of rotatable bonds is 4. The zero-order chi connectivity index (χ0) is 20.1. The zero-order valence-corrected chi connectivity index (χ0v) is 14.6. The number of amides is 1. The van der Waals surface area contributed by atoms with Crippen LogP contribution in [0.25, 0.3) is 17.1 Å². The van der Waals surface area contributed by atoms with E-state index in [0.29, 0.717) is 30.0 Å². The number of carbonyl (C=O) groups is 1. The predicted molar refractivity (Wildman–Crippen MR) is 90.2 cm³/mol. The van der Waals surface area contributed by atoms with E-state index in [1.807, 2.05) is 6.07 Å². The van der Waals surface area contributed by atoms with Gasteiger partial charge in [-0.05, 0) is 43.9 Å². The van der Waals surface area contributed by atoms with Crippen LogP contribution in [0.2, 0.25) is 0 Å². The van der Waals surface area contributed by atoms with Crippen molar-refractivity contribution in [1.29, 1.82) is 5.26 Å². The van der Waals surface area contributed by atoms with Gasteiger partial charge in [-0.1, -0.05) is 0 Å². The molecule has 0 unspecified atom stereocenters. The van der Waals surface area contributed by atoms with E-state index < -0.39 is 24.0 Å². The van der Waals surface area contributed by atoms with Gasteiger partial charge in [-0.15, -0.1) is 0 Å². The lowest BCUT2D eigenvalue weighted by molar-refractivity contribution is -0.158. The van der Waals surface area contributed by atoms with Crippen LogP contribution in [0.15, 0.2) is 28.9 Å². The fraction of sp³-hybridized carbons (Fsp3) is 0.333. The van der Waals surface area contributed by atoms with Gasteiger partial charge in [0.15, 0.2) is 17.1 Å². The molecule has 3 aromatic heterocycles. The lowest BCUT2D eigenvalue weighted by atomic mass is 10.1. The molecule has 28 heavy (non-hydrogen) atoms. The molecule has 3 heterocycles. The first-order valence-electron chi connectivity index (χ1n) is 8.50. The fourth-order valence-electron chi connectivity index (χ4n) is 3.05. The van der Waals surface area contributed by atoms with Crippen LogP contribution in [-0.4, -0.2) is 32.5 Å². The van der Waals surface area contributed by atoms with Crippen molar-refractivity contribution in [2.75, 3.05) is 0 Å². The summed E-state index contributed by atoms with van der Waals surface area (Å²) in [6.07, 6.45) is -2.34. The van der Waals surface area contributed by atoms with Crippen molar-refractivity contribution in [2.24, 2.45) is 5.92 Å². The maximum atomic E-state index is 13.2. The highest BCUT2D eigenvalue weighted by Gasteiger charge is 2.50. The van der Waals surface area contributed by atoms with E-state index in [-0.39, 0.29) is 17.1 Å². The van der Waals surface area contributed by atoms with Gasteiger partial charge >= 0.3 is 6.18 Å². The number of furan rings is 1. The molecular weight excluding hydrogens is 375 g/mol. The first-order valence-corrected chi connectivity index (χ1v) is 8.50. The number of fused-ring (bicyclic) bond motifs is 1. The van der Waals surface area contributed by atoms with Crippen LogP contribution in [-0.2, 0) is 0 Å². The minimum atomic E-state index is -4.53. The molecule has 4 rings (SSSR count). The van der Waals surface area contributed by atoms with Gasteiger partial charge < -0.3 is 9.73 Å². The number of halogens is 3. The Bertz CT molecular complexity index is 1100. The lowest BCUT2D eigenvalue weighted by Gasteiger charge is -2.20. The molecule has 0 radical (unpaired) electrons. The SMILES string of the molecule is Cc1cc(-c2ccc(C#N)o2)nc2c(C(=O)N[C@H](C3CC3)C(F)(F)F)ncn12. The molecule has 1 N–H and O–H groups in total. The number of alkyl halides is 3. The minimum absolute atomic E-state index is 0.0956. The maximum absolute atomic E-state index is 13.2. The second kappa shape index (κ2) is 6.37. The van der Waals surface area contributed by atoms with Gasteiger partial charge in [-0.25, -0.2) is 9.97 Å². The first-order chi connectivity index (χ1) is 13.3. The average molecular weight is 389 g/mol. The summed E-state index contributed by atoms with van der Waals surface area (Å²) in [6, 6.07) is 4.66. The summed E-state index contributed by atoms with van der Waals surface area (Å²) < 4.78 is 46.5. The summed E-state index contributed by atoms with van der Waals surface area (Å²) in [4.78, 5) is 20.8. The van der Waals surface area contributed by atoms with Crippen molar-refractivity contribution in [3.63, 3.8) is 0 Å². The smallest absolute Gasteiger partial charge is 0.408 e. The van der Waals surface area contributed by atoms with Crippen LogP contribution >= 0.6 is 0 Å². The Morgan fingerprint density at radius 3 is 2.79 bits per heavy atom. The number of nitrogens with zero attached hydrogens (tertiary/aromatic N) is 4. The van der Waals surface area contributed by atoms with Crippen molar-refractivity contribution in [2.45, 2.75) is 32.0 Å². The summed E-state index contributed by atoms with van der Waals surface area (Å²) in [6.45, 7) is 1.73. The van der Waals surface area contributed by atoms with Crippen LogP contribution in [0.1, 0.15) is 34.8 Å². The summed E-state index contributed by atoms with van der Waals surface area (Å²) in [5, 5.41) is 10.9. The minimum Gasteiger partial charge on any atom is -0.444 e. The summed E-state index contributed by atoms with van der Waals surface area (Å²) in [7, 11) is 0. The Balaban J connectivity index is 1.71. The highest BCUT2D eigenvalue weighted by Crippen LogP contribution is 2.40. The number of hydrogen-bond acceptors (Lipinski definition) is 5. The van der Waals surface area contributed by atoms with Gasteiger partial charge in [0.2, 0.25) is 5.76 Å². The first kappa shape index (κ1) is 18.0. The molecule has 1 fully saturated rings. The van der Waals surface area contributed by atoms with Gasteiger partial charge in [0, 0.05) is 5.69 Å². The van der Waals surface area contributed by atoms with Crippen molar-refractivity contribution < 1.29 is 22.4 Å². The highest BCUT2D eigenvalue weighted by atomic mass is 19.4. The molecule has 1 aliphatic carbocycles. The quantitative estimate of drug-likeness (QED) is 0.739. The monoisotopic (exact) mass is 389 g/mol. The van der Waals surface area contributed by atoms with Crippen LogP contribution < -0.4 is 5.32 Å². The molecule has 0 bridgehead atoms. The Morgan fingerprint density at radius 2 is 2.18 bits per heavy atom. The second-order valence-electron chi connectivity index (χ2n) is 6.68. The molecular formula is C18H14F3N5O2. The summed E-state index contributed by atoms with van der Waals surface area (Å²) in [5.74, 6) is -1.13. The number of nitrogens with one attached hydrogen (secondary N) is 1. The largest absolute Gasteiger partial charge is 0.444 e. The summed E-state index contributed by atoms with van der Waals surface area (Å²) >= 11 is 0. The topological polar surface area (TPSA) is 96.2 Å². The second-order valence-corrected chi connectivity index (χ2v) is 6.68. The molecule has 1 atom stereocenters. The van der Waals surface area contributed by atoms with Crippen LogP contribution in [0.5, 0.6) is 0 Å². The normalized spacial score (nSPS) is 15.4. The van der Waals surface area contributed by atoms with Gasteiger partial charge in [0.25, 0.3) is 5.91 Å². The standard InChI is InChI=1S/C18H14F3N5O2/c1-9-6-12(13-5-4-11(7-22)28-13)24-16-14(23-8-26(9)16)17(27)25-15(10-2-3-10)18(19,20)21/h4-6,8,10,15H,2-3H2,1H3,(H,25,27)/t15-/m1/s1. The van der Waals surface area contributed by atoms with Crippen molar-refractivity contribution >= 4 is 11.6 Å². The van der Waals surface area contributed by atoms with Crippen molar-refractivity contribution in [3.05, 3.63) is 41.7 Å². The van der Waals surface area contributed by atoms with E-state index >= 15 is 0 Å². The van der Waals surface area contributed by atoms with E-state index in [4.69, 9.17) is 9.68 Å². The van der Waals surface area contributed by atoms with Crippen LogP contribution in [0.4, 0.5) is 13.2 Å². The number of carbonyl (C=O) groups excluding carboxylic acids is 1. The van der Waals surface area contributed by atoms with E-state index in [9.17, 15) is 18.0 Å². The number of aryl methyl sites for hydroxylation is 1. The van der Waals surface area contributed by atoms with Crippen LogP contribution in [0.3, 0.4) is 0 Å². The molecule has 0 saturated heterocycles. The van der Waals surface area contributed by atoms with Crippen molar-refractivity contribution in [1.82, 2.24) is 19.7 Å². The highest BCUT2D eigenvalue weighted by molar-refractivity contribution is 5.98. The van der Waals surface area contributed by atoms with Gasteiger partial charge in [0.05, 0.1) is 0 Å². The van der Waals surface area contributed by atoms with E-state index in [1.54, 1.807) is 19.1 Å². The van der Waals surface area contributed by atoms with Gasteiger partial charge in [-0.2, -0.15) is 18.4 Å². The Morgan fingerprint density at radius 1 is 1.43 bits per heavy atom. The third-order valence-electron chi connectivity index (χ3n) is 4.61. The maximum Gasteiger partial charge on any atom is 0.408 e. The van der Waals surface area contributed by atoms with Gasteiger partial charge in [0.1, 0.15) is 24.1 Å². The predicted octanol–water partition coefficient (Wildman–Crippen LogP) is 3.24. The molecule has 0 aromatic carbocycles. The third kappa shape index (κ3) is 3.19. The summed E-state index contributed by atoms with van der Waals surface area (Å²) in [5.41, 5.74) is 0.901. The van der Waals surface area contributed by atoms with E-state index in [2.05, 4.69) is 15.3 Å². The molecule has 0 spiro atoms. The fourth-order valence-corrected chi connectivity index (χ4v) is 3.05. The number of aromatic nitrogens is 3. The Labute approximate surface area is 156 Å². The lowest BCUT2D eigenvalue weighted by Crippen LogP contribution is -2.47. The number of hydrogen-bond donors (Lipinski definition) is 1. The van der Waals surface area contributed by atoms with Gasteiger partial charge in [-0.3, -0.25) is 9.20 Å². The average Bonchev–Trinajstić information content (AvgIpc) is 3.18. The molecule has 0 aliphatic heterocycles. The third-order valence-corrected chi connectivity index (χ3v) is 4.61. The molecule has 3 aromatic rings. The van der Waals surface area contributed by atoms with E-state index in [1.165, 1.54) is 16.8 Å².